The summed E-state index contributed by atoms with van der Waals surface area (Å²) >= 11 is 10.7. The lowest BCUT2D eigenvalue weighted by Gasteiger charge is -2.11. The smallest absolute Gasteiger partial charge is 0.354 e. The van der Waals surface area contributed by atoms with Crippen LogP contribution in [0.2, 0.25) is 5.02 Å². The number of aryl methyl sites for hydroxylation is 3. The highest BCUT2D eigenvalue weighted by molar-refractivity contribution is 14.1. The monoisotopic (exact) mass is 710 g/mol. The number of fused-ring (bicyclic) bond motifs is 1. The molecule has 41 heavy (non-hydrogen) atoms. The molecule has 3 rings (SSSR count). The quantitative estimate of drug-likeness (QED) is 0.0645. The Morgan fingerprint density at radius 2 is 2.05 bits per heavy atom. The zero-order valence-corrected chi connectivity index (χ0v) is 27.3. The van der Waals surface area contributed by atoms with Crippen LogP contribution in [-0.4, -0.2) is 62.9 Å². The minimum atomic E-state index is -0.496. The number of esters is 2. The van der Waals surface area contributed by atoms with Crippen LogP contribution in [-0.2, 0) is 40.5 Å². The molecule has 0 fully saturated rings. The number of halogens is 2. The van der Waals surface area contributed by atoms with Gasteiger partial charge in [0.05, 0.1) is 32.0 Å². The molecule has 3 aromatic rings. The van der Waals surface area contributed by atoms with Crippen molar-refractivity contribution in [2.24, 2.45) is 24.8 Å². The number of hydrogen-bond donors (Lipinski definition) is 1. The van der Waals surface area contributed by atoms with Crippen LogP contribution in [0.3, 0.4) is 0 Å². The van der Waals surface area contributed by atoms with Crippen molar-refractivity contribution in [1.29, 1.82) is 0 Å². The van der Waals surface area contributed by atoms with Crippen LogP contribution in [0.25, 0.3) is 26.9 Å². The van der Waals surface area contributed by atoms with Crippen molar-refractivity contribution in [2.45, 2.75) is 25.5 Å². The Bertz CT molecular complexity index is 1570. The topological polar surface area (TPSA) is 118 Å². The van der Waals surface area contributed by atoms with Gasteiger partial charge in [-0.25, -0.2) is 9.48 Å². The first-order valence-electron chi connectivity index (χ1n) is 12.6. The molecule has 0 atom stereocenters. The van der Waals surface area contributed by atoms with E-state index in [9.17, 15) is 9.59 Å². The van der Waals surface area contributed by atoms with Gasteiger partial charge in [0.25, 0.3) is 5.82 Å². The van der Waals surface area contributed by atoms with E-state index in [2.05, 4.69) is 37.5 Å². The number of alkyl halides is 1. The first-order chi connectivity index (χ1) is 19.6. The Morgan fingerprint density at radius 3 is 2.66 bits per heavy atom. The summed E-state index contributed by atoms with van der Waals surface area (Å²) in [7, 11) is 6.57. The number of ether oxygens (including phenoxy) is 2. The number of allylic oxidation sites excluding steroid dienone is 1. The lowest BCUT2D eigenvalue weighted by Crippen LogP contribution is -2.11. The number of aliphatic imine (C=N–C) groups is 1. The maximum atomic E-state index is 13.0. The van der Waals surface area contributed by atoms with Gasteiger partial charge in [-0.2, -0.15) is 0 Å². The van der Waals surface area contributed by atoms with Gasteiger partial charge in [-0.05, 0) is 30.5 Å². The van der Waals surface area contributed by atoms with E-state index < -0.39 is 5.97 Å². The predicted molar refractivity (Wildman–Crippen MR) is 173 cm³/mol. The number of thioether (sulfide) groups is 1. The van der Waals surface area contributed by atoms with E-state index in [1.807, 2.05) is 12.1 Å². The van der Waals surface area contributed by atoms with Crippen LogP contribution >= 0.6 is 46.0 Å². The van der Waals surface area contributed by atoms with Crippen molar-refractivity contribution in [3.05, 3.63) is 57.3 Å². The van der Waals surface area contributed by atoms with Gasteiger partial charge in [-0.1, -0.05) is 46.8 Å². The molecular formula is C28H32ClIN6O4S. The molecule has 0 unspecified atom stereocenters. The molecular weight excluding hydrogens is 679 g/mol. The molecule has 218 valence electrons. The largest absolute Gasteiger partial charge is 0.466 e. The number of methoxy groups -OCH3 is 1. The Morgan fingerprint density at radius 1 is 1.32 bits per heavy atom. The Kier molecular flexibility index (Phi) is 11.7. The minimum absolute atomic E-state index is 0.222. The standard InChI is InChI=1S/C28H32ClIN6O4S/c1-16(37)40-11-7-8-19-20-9-10-21(29)23(25(20)35(4)26(19)28(38)39-6)24-22(34-36(5)27(24)33-3)15-41-14-17(31)12-18(13-30)32-2/h9-10,12H,7-8,11,13-15,31H2,1-2,4-6H3/b17-12-,32-18?. The highest BCUT2D eigenvalue weighted by atomic mass is 127. The van der Waals surface area contributed by atoms with E-state index in [0.717, 1.165) is 21.1 Å². The van der Waals surface area contributed by atoms with E-state index >= 15 is 0 Å². The summed E-state index contributed by atoms with van der Waals surface area (Å²) in [6, 6.07) is 3.63. The summed E-state index contributed by atoms with van der Waals surface area (Å²) in [5.41, 5.74) is 11.6. The van der Waals surface area contributed by atoms with Crippen LogP contribution in [0.5, 0.6) is 0 Å². The zero-order chi connectivity index (χ0) is 30.3. The van der Waals surface area contributed by atoms with Crippen molar-refractivity contribution >= 4 is 80.3 Å². The summed E-state index contributed by atoms with van der Waals surface area (Å²) in [5, 5.41) is 5.90. The molecule has 0 saturated carbocycles. The van der Waals surface area contributed by atoms with Crippen LogP contribution in [0, 0.1) is 6.57 Å². The highest BCUT2D eigenvalue weighted by Gasteiger charge is 2.28. The number of carbonyl (C=O) groups is 2. The molecule has 2 aromatic heterocycles. The summed E-state index contributed by atoms with van der Waals surface area (Å²) in [5.74, 6) is 0.511. The molecule has 13 heteroatoms. The number of carbonyl (C=O) groups excluding carboxylic acids is 2. The second-order valence-electron chi connectivity index (χ2n) is 9.08. The number of hydrogen-bond acceptors (Lipinski definition) is 8. The number of benzene rings is 1. The van der Waals surface area contributed by atoms with Crippen LogP contribution in [0.15, 0.2) is 28.9 Å². The third-order valence-corrected chi connectivity index (χ3v) is 8.50. The van der Waals surface area contributed by atoms with E-state index in [1.54, 1.807) is 48.2 Å². The van der Waals surface area contributed by atoms with Crippen LogP contribution in [0.1, 0.15) is 35.1 Å². The first-order valence-corrected chi connectivity index (χ1v) is 15.7. The maximum Gasteiger partial charge on any atom is 0.354 e. The van der Waals surface area contributed by atoms with Crippen molar-refractivity contribution in [2.75, 3.05) is 30.9 Å². The SMILES string of the molecule is [C-]#[N+]c1c(-c2c(Cl)ccc3c(CCCOC(C)=O)c(C(=O)OC)n(C)c23)c(CSC/C(N)=C/C(CI)=NC)nn1C. The maximum absolute atomic E-state index is 13.0. The Labute approximate surface area is 262 Å². The van der Waals surface area contributed by atoms with Crippen LogP contribution < -0.4 is 5.73 Å². The second kappa shape index (κ2) is 14.7. The van der Waals surface area contributed by atoms with Gasteiger partial charge < -0.3 is 24.6 Å². The summed E-state index contributed by atoms with van der Waals surface area (Å²) < 4.78 is 14.3. The third kappa shape index (κ3) is 7.25. The fraction of sp³-hybridized carbons (Fsp3) is 0.393. The van der Waals surface area contributed by atoms with Gasteiger partial charge in [0, 0.05) is 69.9 Å². The van der Waals surface area contributed by atoms with E-state index in [4.69, 9.17) is 33.4 Å². The van der Waals surface area contributed by atoms with E-state index in [1.165, 1.54) is 14.0 Å². The molecule has 0 amide bonds. The van der Waals surface area contributed by atoms with E-state index in [-0.39, 0.29) is 12.6 Å². The molecule has 2 N–H and O–H groups in total. The summed E-state index contributed by atoms with van der Waals surface area (Å²) in [4.78, 5) is 32.2. The molecule has 2 heterocycles. The average molecular weight is 711 g/mol. The summed E-state index contributed by atoms with van der Waals surface area (Å²) in [6.45, 7) is 9.51. The van der Waals surface area contributed by atoms with Crippen LogP contribution in [0.4, 0.5) is 5.82 Å². The Balaban J connectivity index is 2.15. The molecule has 10 nitrogen and oxygen atoms in total. The predicted octanol–water partition coefficient (Wildman–Crippen LogP) is 5.65. The van der Waals surface area contributed by atoms with Crippen molar-refractivity contribution in [3.8, 4) is 11.1 Å². The van der Waals surface area contributed by atoms with Crippen molar-refractivity contribution in [1.82, 2.24) is 14.3 Å². The third-order valence-electron chi connectivity index (χ3n) is 6.39. The Hall–Kier alpha value is -3.02. The lowest BCUT2D eigenvalue weighted by atomic mass is 9.99. The number of nitrogens with zero attached hydrogens (tertiary/aromatic N) is 5. The normalized spacial score (nSPS) is 12.0. The zero-order valence-electron chi connectivity index (χ0n) is 23.6. The fourth-order valence-corrected chi connectivity index (χ4v) is 6.28. The van der Waals surface area contributed by atoms with Gasteiger partial charge in [0.15, 0.2) is 0 Å². The molecule has 1 aromatic carbocycles. The number of nitrogens with two attached hydrogens (primary N) is 1. The minimum Gasteiger partial charge on any atom is -0.466 e. The molecule has 0 aliphatic rings. The van der Waals surface area contributed by atoms with Crippen molar-refractivity contribution in [3.63, 3.8) is 0 Å². The highest BCUT2D eigenvalue weighted by Crippen LogP contribution is 2.45. The van der Waals surface area contributed by atoms with Gasteiger partial charge in [0.2, 0.25) is 0 Å². The van der Waals surface area contributed by atoms with Gasteiger partial charge in [-0.3, -0.25) is 9.79 Å². The van der Waals surface area contributed by atoms with Gasteiger partial charge in [0.1, 0.15) is 5.69 Å². The number of rotatable bonds is 12. The molecule has 0 bridgehead atoms. The molecule has 0 aliphatic heterocycles. The molecule has 0 saturated heterocycles. The lowest BCUT2D eigenvalue weighted by molar-refractivity contribution is -0.141. The number of aromatic nitrogens is 3. The van der Waals surface area contributed by atoms with Gasteiger partial charge in [-0.15, -0.1) is 16.9 Å². The summed E-state index contributed by atoms with van der Waals surface area (Å²) in [6.07, 6.45) is 2.86. The molecule has 0 radical (unpaired) electrons. The van der Waals surface area contributed by atoms with Gasteiger partial charge >= 0.3 is 11.9 Å². The molecule has 0 spiro atoms. The second-order valence-corrected chi connectivity index (χ2v) is 11.2. The first kappa shape index (κ1) is 32.5. The van der Waals surface area contributed by atoms with E-state index in [0.29, 0.717) is 68.9 Å². The molecule has 0 aliphatic carbocycles. The average Bonchev–Trinajstić information content (AvgIpc) is 3.41. The fourth-order valence-electron chi connectivity index (χ4n) is 4.65. The van der Waals surface area contributed by atoms with Crippen molar-refractivity contribution < 1.29 is 19.1 Å².